The van der Waals surface area contributed by atoms with Gasteiger partial charge in [0, 0.05) is 12.3 Å². The molecule has 1 aliphatic heterocycles. The average molecular weight is 384 g/mol. The number of carbonyl (C=O) groups is 1. The molecule has 1 fully saturated rings. The summed E-state index contributed by atoms with van der Waals surface area (Å²) in [4.78, 5) is 17.2. The second-order valence-corrected chi connectivity index (χ2v) is 14.2. The summed E-state index contributed by atoms with van der Waals surface area (Å²) < 4.78 is 8.66. The van der Waals surface area contributed by atoms with Crippen LogP contribution >= 0.6 is 0 Å². The molecule has 6 heteroatoms. The lowest BCUT2D eigenvalue weighted by Crippen LogP contribution is -2.41. The van der Waals surface area contributed by atoms with Crippen molar-refractivity contribution < 1.29 is 9.22 Å². The van der Waals surface area contributed by atoms with E-state index in [-0.39, 0.29) is 28.9 Å². The van der Waals surface area contributed by atoms with E-state index < -0.39 is 8.32 Å². The number of ketones is 1. The van der Waals surface area contributed by atoms with E-state index in [9.17, 15) is 4.79 Å². The van der Waals surface area contributed by atoms with Gasteiger partial charge in [-0.3, -0.25) is 4.79 Å². The Labute approximate surface area is 162 Å². The molecule has 0 bridgehead atoms. The van der Waals surface area contributed by atoms with Gasteiger partial charge in [0.25, 0.3) is 0 Å². The Bertz CT molecular complexity index is 850. The van der Waals surface area contributed by atoms with E-state index in [4.69, 9.17) is 4.43 Å². The fourth-order valence-electron chi connectivity index (χ4n) is 3.41. The number of benzene rings is 1. The first-order valence-electron chi connectivity index (χ1n) is 9.91. The third kappa shape index (κ3) is 3.41. The van der Waals surface area contributed by atoms with Gasteiger partial charge < -0.3 is 4.43 Å². The zero-order valence-corrected chi connectivity index (χ0v) is 17.9. The molecule has 144 valence electrons. The van der Waals surface area contributed by atoms with E-state index >= 15 is 0 Å². The number of aromatic nitrogens is 3. The molecular formula is C21H29N3O2Si. The Morgan fingerprint density at radius 2 is 1.85 bits per heavy atom. The predicted molar refractivity (Wildman–Crippen MR) is 107 cm³/mol. The maximum absolute atomic E-state index is 12.5. The highest BCUT2D eigenvalue weighted by Crippen LogP contribution is 2.45. The van der Waals surface area contributed by atoms with Crippen molar-refractivity contribution >= 4 is 14.1 Å². The van der Waals surface area contributed by atoms with Crippen LogP contribution in [0.1, 0.15) is 74.2 Å². The number of carbonyl (C=O) groups excluding carboxylic acids is 1. The zero-order valence-electron chi connectivity index (χ0n) is 16.9. The number of fused-ring (bicyclic) bond motifs is 1. The molecule has 2 aliphatic rings. The lowest BCUT2D eigenvalue weighted by Gasteiger charge is -2.38. The molecular weight excluding hydrogens is 354 g/mol. The lowest BCUT2D eigenvalue weighted by molar-refractivity contribution is 0.0956. The van der Waals surface area contributed by atoms with E-state index in [0.29, 0.717) is 5.82 Å². The topological polar surface area (TPSA) is 57.0 Å². The van der Waals surface area contributed by atoms with E-state index in [1.54, 1.807) is 0 Å². The van der Waals surface area contributed by atoms with Crippen LogP contribution in [0.5, 0.6) is 0 Å². The maximum Gasteiger partial charge on any atom is 0.217 e. The molecule has 0 unspecified atom stereocenters. The largest absolute Gasteiger partial charge is 0.407 e. The van der Waals surface area contributed by atoms with Crippen LogP contribution in [0.15, 0.2) is 30.3 Å². The zero-order chi connectivity index (χ0) is 19.4. The van der Waals surface area contributed by atoms with Crippen molar-refractivity contribution in [3.8, 4) is 0 Å². The second-order valence-electron chi connectivity index (χ2n) is 9.41. The minimum absolute atomic E-state index is 0.0734. The molecule has 0 N–H and O–H groups in total. The van der Waals surface area contributed by atoms with Crippen LogP contribution < -0.4 is 0 Å². The summed E-state index contributed by atoms with van der Waals surface area (Å²) in [6.07, 6.45) is 2.65. The predicted octanol–water partition coefficient (Wildman–Crippen LogP) is 4.93. The molecule has 1 aromatic heterocycles. The van der Waals surface area contributed by atoms with Crippen molar-refractivity contribution in [3.63, 3.8) is 0 Å². The Kier molecular flexibility index (Phi) is 4.39. The van der Waals surface area contributed by atoms with Gasteiger partial charge in [0.15, 0.2) is 14.1 Å². The van der Waals surface area contributed by atoms with Crippen LogP contribution in [0, 0.1) is 5.92 Å². The van der Waals surface area contributed by atoms with Crippen LogP contribution in [-0.4, -0.2) is 28.9 Å². The molecule has 5 nitrogen and oxygen atoms in total. The molecule has 1 aliphatic carbocycles. The summed E-state index contributed by atoms with van der Waals surface area (Å²) in [5.74, 6) is 1.41. The molecule has 0 radical (unpaired) electrons. The Balaban J connectivity index is 1.70. The molecule has 1 saturated carbocycles. The van der Waals surface area contributed by atoms with E-state index in [2.05, 4.69) is 56.1 Å². The van der Waals surface area contributed by atoms with Gasteiger partial charge in [0.1, 0.15) is 6.10 Å². The molecule has 2 atom stereocenters. The minimum atomic E-state index is -1.96. The number of hydrogen-bond acceptors (Lipinski definition) is 4. The third-order valence-corrected chi connectivity index (χ3v) is 10.8. The minimum Gasteiger partial charge on any atom is -0.407 e. The molecule has 1 aromatic carbocycles. The summed E-state index contributed by atoms with van der Waals surface area (Å²) in [6, 6.07) is 10.4. The molecule has 2 aromatic rings. The van der Waals surface area contributed by atoms with Crippen LogP contribution in [-0.2, 0) is 4.43 Å². The maximum atomic E-state index is 12.5. The molecule has 0 saturated heterocycles. The first-order chi connectivity index (χ1) is 12.7. The van der Waals surface area contributed by atoms with Crippen molar-refractivity contribution in [2.24, 2.45) is 5.92 Å². The smallest absolute Gasteiger partial charge is 0.217 e. The van der Waals surface area contributed by atoms with E-state index in [1.807, 2.05) is 22.9 Å². The normalized spacial score (nSPS) is 22.7. The van der Waals surface area contributed by atoms with Crippen molar-refractivity contribution in [3.05, 3.63) is 47.5 Å². The first kappa shape index (κ1) is 18.6. The van der Waals surface area contributed by atoms with Gasteiger partial charge in [-0.05, 0) is 36.5 Å². The van der Waals surface area contributed by atoms with Gasteiger partial charge in [-0.1, -0.05) is 51.1 Å². The number of hydrogen-bond donors (Lipinski definition) is 0. The van der Waals surface area contributed by atoms with Gasteiger partial charge in [-0.15, -0.1) is 5.10 Å². The summed E-state index contributed by atoms with van der Waals surface area (Å²) in [5.41, 5.74) is 1.19. The van der Waals surface area contributed by atoms with Crippen LogP contribution in [0.25, 0.3) is 0 Å². The quantitative estimate of drug-likeness (QED) is 0.543. The van der Waals surface area contributed by atoms with Gasteiger partial charge in [0.2, 0.25) is 11.6 Å². The monoisotopic (exact) mass is 383 g/mol. The molecule has 0 amide bonds. The second kappa shape index (κ2) is 6.38. The van der Waals surface area contributed by atoms with E-state index in [0.717, 1.165) is 25.1 Å². The summed E-state index contributed by atoms with van der Waals surface area (Å²) in [5, 5.41) is 4.76. The molecule has 4 rings (SSSR count). The number of Topliss-reactive ketones (excluding diaryl/α,β-unsaturated/α-hetero) is 1. The first-order valence-corrected chi connectivity index (χ1v) is 12.8. The molecule has 0 spiro atoms. The van der Waals surface area contributed by atoms with Gasteiger partial charge in [-0.25, -0.2) is 9.67 Å². The molecule has 27 heavy (non-hydrogen) atoms. The fourth-order valence-corrected chi connectivity index (χ4v) is 4.68. The SMILES string of the molecule is CC(C)(C)[Si](C)(C)O[C@H]1C[C@@H](c2ccccc2)n2nc(C(=O)C3CC3)nc21. The third-order valence-electron chi connectivity index (χ3n) is 6.27. The van der Waals surface area contributed by atoms with E-state index in [1.165, 1.54) is 5.56 Å². The lowest BCUT2D eigenvalue weighted by atomic mass is 10.0. The number of rotatable bonds is 5. The van der Waals surface area contributed by atoms with Crippen molar-refractivity contribution in [2.75, 3.05) is 0 Å². The van der Waals surface area contributed by atoms with Crippen molar-refractivity contribution in [1.29, 1.82) is 0 Å². The fraction of sp³-hybridized carbons (Fsp3) is 0.571. The summed E-state index contributed by atoms with van der Waals surface area (Å²) in [7, 11) is -1.96. The average Bonchev–Trinajstić information content (AvgIpc) is 3.28. The highest BCUT2D eigenvalue weighted by molar-refractivity contribution is 6.74. The van der Waals surface area contributed by atoms with Crippen LogP contribution in [0.4, 0.5) is 0 Å². The summed E-state index contributed by atoms with van der Waals surface area (Å²) in [6.45, 7) is 11.3. The summed E-state index contributed by atoms with van der Waals surface area (Å²) >= 11 is 0. The van der Waals surface area contributed by atoms with Gasteiger partial charge in [-0.2, -0.15) is 0 Å². The highest BCUT2D eigenvalue weighted by Gasteiger charge is 2.45. The Hall–Kier alpha value is -1.79. The van der Waals surface area contributed by atoms with Crippen molar-refractivity contribution in [2.45, 2.75) is 70.3 Å². The Morgan fingerprint density at radius 1 is 1.19 bits per heavy atom. The standard InChI is InChI=1S/C21H29N3O2Si/c1-21(2,3)27(4,5)26-17-13-16(14-9-7-6-8-10-14)24-20(17)22-19(23-24)18(25)15-11-12-15/h6-10,15-17H,11-13H2,1-5H3/t16-,17-/m0/s1. The van der Waals surface area contributed by atoms with Gasteiger partial charge in [0.05, 0.1) is 6.04 Å². The Morgan fingerprint density at radius 3 is 2.44 bits per heavy atom. The molecule has 2 heterocycles. The highest BCUT2D eigenvalue weighted by atomic mass is 28.4. The number of nitrogens with zero attached hydrogens (tertiary/aromatic N) is 3. The van der Waals surface area contributed by atoms with Crippen molar-refractivity contribution in [1.82, 2.24) is 14.8 Å². The van der Waals surface area contributed by atoms with Gasteiger partial charge >= 0.3 is 0 Å². The van der Waals surface area contributed by atoms with Crippen LogP contribution in [0.3, 0.4) is 0 Å². The van der Waals surface area contributed by atoms with Crippen LogP contribution in [0.2, 0.25) is 18.1 Å².